The lowest BCUT2D eigenvalue weighted by Crippen LogP contribution is -2.48. The summed E-state index contributed by atoms with van der Waals surface area (Å²) >= 11 is 14.1. The molecule has 0 radical (unpaired) electrons. The molecule has 8 nitrogen and oxygen atoms in total. The van der Waals surface area contributed by atoms with Crippen molar-refractivity contribution in [2.75, 3.05) is 38.7 Å². The van der Waals surface area contributed by atoms with Crippen molar-refractivity contribution in [1.82, 2.24) is 24.6 Å². The van der Waals surface area contributed by atoms with Crippen LogP contribution in [0.1, 0.15) is 24.0 Å². The van der Waals surface area contributed by atoms with E-state index in [-0.39, 0.29) is 12.7 Å². The van der Waals surface area contributed by atoms with E-state index in [0.29, 0.717) is 16.5 Å². The molecule has 0 N–H and O–H groups in total. The number of hydrogen-bond acceptors (Lipinski definition) is 7. The van der Waals surface area contributed by atoms with Crippen molar-refractivity contribution in [3.05, 3.63) is 81.8 Å². The fraction of sp³-hybridized carbons (Fsp3) is 0.323. The molecule has 4 aromatic rings. The average molecular weight is 625 g/mol. The highest BCUT2D eigenvalue weighted by atomic mass is 35.5. The molecule has 0 aliphatic carbocycles. The zero-order valence-electron chi connectivity index (χ0n) is 23.3. The Hall–Kier alpha value is -3.24. The van der Waals surface area contributed by atoms with E-state index in [4.69, 9.17) is 32.7 Å². The molecular formula is C31H31Cl2N5O3S. The number of carbonyl (C=O) groups is 1. The van der Waals surface area contributed by atoms with Gasteiger partial charge >= 0.3 is 0 Å². The number of nitrogens with zero attached hydrogens (tertiary/aromatic N) is 5. The van der Waals surface area contributed by atoms with Gasteiger partial charge in [-0.05, 0) is 49.2 Å². The minimum Gasteiger partial charge on any atom is -0.454 e. The van der Waals surface area contributed by atoms with E-state index >= 15 is 0 Å². The fourth-order valence-electron chi connectivity index (χ4n) is 5.11. The molecule has 42 heavy (non-hydrogen) atoms. The van der Waals surface area contributed by atoms with Crippen LogP contribution < -0.4 is 9.47 Å². The van der Waals surface area contributed by atoms with Gasteiger partial charge in [0.1, 0.15) is 0 Å². The number of thioether (sulfide) groups is 1. The van der Waals surface area contributed by atoms with E-state index in [1.807, 2.05) is 45.9 Å². The summed E-state index contributed by atoms with van der Waals surface area (Å²) in [6.45, 7) is 6.34. The van der Waals surface area contributed by atoms with Crippen molar-refractivity contribution in [2.45, 2.75) is 31.5 Å². The summed E-state index contributed by atoms with van der Waals surface area (Å²) in [5.41, 5.74) is 4.15. The van der Waals surface area contributed by atoms with Crippen LogP contribution in [0.15, 0.2) is 65.8 Å². The Morgan fingerprint density at radius 3 is 2.48 bits per heavy atom. The third kappa shape index (κ3) is 6.54. The van der Waals surface area contributed by atoms with Crippen LogP contribution in [-0.2, 0) is 11.3 Å². The Morgan fingerprint density at radius 1 is 0.905 bits per heavy atom. The molecule has 11 heteroatoms. The van der Waals surface area contributed by atoms with Gasteiger partial charge in [-0.25, -0.2) is 0 Å². The number of aromatic nitrogens is 3. The lowest BCUT2D eigenvalue weighted by Gasteiger charge is -2.34. The number of ether oxygens (including phenoxy) is 2. The largest absolute Gasteiger partial charge is 0.454 e. The third-order valence-electron chi connectivity index (χ3n) is 7.44. The molecule has 2 aliphatic heterocycles. The van der Waals surface area contributed by atoms with Gasteiger partial charge in [-0.3, -0.25) is 14.3 Å². The highest BCUT2D eigenvalue weighted by Gasteiger charge is 2.22. The maximum atomic E-state index is 13.0. The van der Waals surface area contributed by atoms with E-state index in [1.54, 1.807) is 17.8 Å². The summed E-state index contributed by atoms with van der Waals surface area (Å²) in [5.74, 6) is 3.27. The summed E-state index contributed by atoms with van der Waals surface area (Å²) in [7, 11) is 0. The molecule has 0 atom stereocenters. The highest BCUT2D eigenvalue weighted by molar-refractivity contribution is 7.99. The maximum Gasteiger partial charge on any atom is 0.231 e. The molecule has 0 spiro atoms. The van der Waals surface area contributed by atoms with Gasteiger partial charge in [0.2, 0.25) is 12.7 Å². The van der Waals surface area contributed by atoms with Gasteiger partial charge < -0.3 is 14.4 Å². The van der Waals surface area contributed by atoms with Crippen LogP contribution in [0.25, 0.3) is 17.1 Å². The first kappa shape index (κ1) is 28.9. The minimum atomic E-state index is 0.199. The van der Waals surface area contributed by atoms with Crippen LogP contribution in [0.2, 0.25) is 10.0 Å². The standard InChI is InChI=1S/C31H31Cl2N5O3S/c1-21-4-7-23(8-5-21)30-34-35-31(38(30)24-9-10-25(32)26(33)18-24)42-16-2-3-29(39)37-14-12-36(13-15-37)19-22-6-11-27-28(17-22)41-20-40-27/h4-11,17-18H,2-3,12-16,19-20H2,1H3. The average Bonchev–Trinajstić information content (AvgIpc) is 3.64. The van der Waals surface area contributed by atoms with E-state index in [2.05, 4.69) is 40.2 Å². The maximum absolute atomic E-state index is 13.0. The SMILES string of the molecule is Cc1ccc(-c2nnc(SCCCC(=O)N3CCN(Cc4ccc5c(c4)OCO5)CC3)n2-c2ccc(Cl)c(Cl)c2)cc1. The zero-order chi connectivity index (χ0) is 29.1. The number of aryl methyl sites for hydroxylation is 1. The molecule has 0 unspecified atom stereocenters. The van der Waals surface area contributed by atoms with Crippen molar-refractivity contribution in [3.63, 3.8) is 0 Å². The normalized spacial score (nSPS) is 14.9. The molecule has 1 aromatic heterocycles. The number of rotatable bonds is 9. The van der Waals surface area contributed by atoms with Gasteiger partial charge in [-0.1, -0.05) is 70.9 Å². The van der Waals surface area contributed by atoms with Gasteiger partial charge in [0.05, 0.1) is 15.7 Å². The Bertz CT molecular complexity index is 1570. The predicted molar refractivity (Wildman–Crippen MR) is 166 cm³/mol. The zero-order valence-corrected chi connectivity index (χ0v) is 25.6. The molecule has 0 bridgehead atoms. The Balaban J connectivity index is 1.03. The minimum absolute atomic E-state index is 0.199. The first-order valence-corrected chi connectivity index (χ1v) is 15.7. The molecular weight excluding hydrogens is 593 g/mol. The molecule has 3 heterocycles. The number of halogens is 2. The fourth-order valence-corrected chi connectivity index (χ4v) is 6.29. The second kappa shape index (κ2) is 13.0. The topological polar surface area (TPSA) is 72.7 Å². The Morgan fingerprint density at radius 2 is 1.69 bits per heavy atom. The second-order valence-corrected chi connectivity index (χ2v) is 12.3. The van der Waals surface area contributed by atoms with E-state index in [9.17, 15) is 4.79 Å². The molecule has 1 saturated heterocycles. The molecule has 0 saturated carbocycles. The van der Waals surface area contributed by atoms with Crippen LogP contribution >= 0.6 is 35.0 Å². The molecule has 1 fully saturated rings. The molecule has 1 amide bonds. The van der Waals surface area contributed by atoms with Crippen molar-refractivity contribution in [1.29, 1.82) is 0 Å². The van der Waals surface area contributed by atoms with Crippen LogP contribution in [0.4, 0.5) is 0 Å². The third-order valence-corrected chi connectivity index (χ3v) is 9.19. The lowest BCUT2D eigenvalue weighted by atomic mass is 10.1. The monoisotopic (exact) mass is 623 g/mol. The van der Waals surface area contributed by atoms with Crippen LogP contribution in [-0.4, -0.2) is 69.2 Å². The molecule has 6 rings (SSSR count). The van der Waals surface area contributed by atoms with Gasteiger partial charge in [-0.15, -0.1) is 10.2 Å². The van der Waals surface area contributed by atoms with Gasteiger partial charge in [0, 0.05) is 50.5 Å². The van der Waals surface area contributed by atoms with Crippen LogP contribution in [0, 0.1) is 6.92 Å². The summed E-state index contributed by atoms with van der Waals surface area (Å²) < 4.78 is 12.9. The van der Waals surface area contributed by atoms with Gasteiger partial charge in [0.15, 0.2) is 22.5 Å². The molecule has 2 aliphatic rings. The van der Waals surface area contributed by atoms with E-state index < -0.39 is 0 Å². The summed E-state index contributed by atoms with van der Waals surface area (Å²) in [4.78, 5) is 17.3. The number of hydrogen-bond donors (Lipinski definition) is 0. The summed E-state index contributed by atoms with van der Waals surface area (Å²) in [5, 5.41) is 10.7. The first-order chi connectivity index (χ1) is 20.4. The predicted octanol–water partition coefficient (Wildman–Crippen LogP) is 6.49. The number of benzene rings is 3. The van der Waals surface area contributed by atoms with Gasteiger partial charge in [0.25, 0.3) is 0 Å². The number of fused-ring (bicyclic) bond motifs is 1. The quantitative estimate of drug-likeness (QED) is 0.156. The lowest BCUT2D eigenvalue weighted by molar-refractivity contribution is -0.133. The second-order valence-electron chi connectivity index (χ2n) is 10.4. The number of piperazine rings is 1. The van der Waals surface area contributed by atoms with Crippen molar-refractivity contribution < 1.29 is 14.3 Å². The summed E-state index contributed by atoms with van der Waals surface area (Å²) in [6, 6.07) is 19.8. The van der Waals surface area contributed by atoms with Crippen LogP contribution in [0.3, 0.4) is 0 Å². The first-order valence-electron chi connectivity index (χ1n) is 13.9. The number of amides is 1. The van der Waals surface area contributed by atoms with Crippen molar-refractivity contribution >= 4 is 40.9 Å². The Kier molecular flexibility index (Phi) is 8.90. The van der Waals surface area contributed by atoms with Crippen LogP contribution in [0.5, 0.6) is 11.5 Å². The van der Waals surface area contributed by atoms with Crippen molar-refractivity contribution in [2.24, 2.45) is 0 Å². The van der Waals surface area contributed by atoms with Gasteiger partial charge in [-0.2, -0.15) is 0 Å². The molecule has 3 aromatic carbocycles. The van der Waals surface area contributed by atoms with E-state index in [1.165, 1.54) is 11.1 Å². The summed E-state index contributed by atoms with van der Waals surface area (Å²) in [6.07, 6.45) is 1.25. The molecule has 218 valence electrons. The Labute approximate surface area is 259 Å². The number of carbonyl (C=O) groups excluding carboxylic acids is 1. The smallest absolute Gasteiger partial charge is 0.231 e. The highest BCUT2D eigenvalue weighted by Crippen LogP contribution is 2.34. The van der Waals surface area contributed by atoms with E-state index in [0.717, 1.165) is 78.6 Å². The van der Waals surface area contributed by atoms with Crippen molar-refractivity contribution in [3.8, 4) is 28.6 Å².